The molecule has 0 heterocycles. The molecule has 0 amide bonds. The van der Waals surface area contributed by atoms with E-state index in [1.54, 1.807) is 6.92 Å². The SMILES string of the molecule is CC(=O)C(C)(C)C.CC(C)(C)C=O.COC(=O)C(C)(C)C. The average molecular weight is 302 g/mol. The number of carbonyl (C=O) groups excluding carboxylic acids is 3. The van der Waals surface area contributed by atoms with Gasteiger partial charge in [-0.1, -0.05) is 41.5 Å². The Labute approximate surface area is 130 Å². The lowest BCUT2D eigenvalue weighted by Crippen LogP contribution is -2.21. The van der Waals surface area contributed by atoms with Gasteiger partial charge in [0.1, 0.15) is 12.1 Å². The van der Waals surface area contributed by atoms with Crippen LogP contribution in [0.5, 0.6) is 0 Å². The number of ether oxygens (including phenoxy) is 1. The van der Waals surface area contributed by atoms with Crippen molar-refractivity contribution in [3.05, 3.63) is 0 Å². The van der Waals surface area contributed by atoms with Crippen molar-refractivity contribution in [2.24, 2.45) is 16.2 Å². The van der Waals surface area contributed by atoms with Gasteiger partial charge >= 0.3 is 5.97 Å². The normalized spacial score (nSPS) is 11.2. The van der Waals surface area contributed by atoms with Crippen molar-refractivity contribution < 1.29 is 19.1 Å². The first kappa shape index (κ1) is 24.8. The molecule has 0 aliphatic heterocycles. The number of rotatable bonds is 0. The van der Waals surface area contributed by atoms with Gasteiger partial charge in [-0.2, -0.15) is 0 Å². The highest BCUT2D eigenvalue weighted by Crippen LogP contribution is 2.13. The Morgan fingerprint density at radius 1 is 0.810 bits per heavy atom. The fraction of sp³-hybridized carbons (Fsp3) is 0.824. The van der Waals surface area contributed by atoms with E-state index in [0.717, 1.165) is 6.29 Å². The largest absolute Gasteiger partial charge is 0.469 e. The van der Waals surface area contributed by atoms with Crippen molar-refractivity contribution in [3.63, 3.8) is 0 Å². The van der Waals surface area contributed by atoms with Gasteiger partial charge in [-0.05, 0) is 27.7 Å². The third kappa shape index (κ3) is 21.3. The number of esters is 1. The topological polar surface area (TPSA) is 60.4 Å². The fourth-order valence-electron chi connectivity index (χ4n) is 0.306. The molecule has 0 N–H and O–H groups in total. The van der Waals surface area contributed by atoms with Crippen LogP contribution in [0.2, 0.25) is 0 Å². The Morgan fingerprint density at radius 3 is 1.05 bits per heavy atom. The van der Waals surface area contributed by atoms with E-state index in [0.29, 0.717) is 0 Å². The van der Waals surface area contributed by atoms with Crippen molar-refractivity contribution in [2.75, 3.05) is 7.11 Å². The van der Waals surface area contributed by atoms with Crippen LogP contribution in [0.1, 0.15) is 69.2 Å². The van der Waals surface area contributed by atoms with Crippen LogP contribution in [0.25, 0.3) is 0 Å². The number of hydrogen-bond donors (Lipinski definition) is 0. The third-order valence-electron chi connectivity index (χ3n) is 2.21. The van der Waals surface area contributed by atoms with Crippen LogP contribution in [0, 0.1) is 16.2 Å². The molecule has 0 spiro atoms. The van der Waals surface area contributed by atoms with E-state index in [1.807, 2.05) is 62.3 Å². The van der Waals surface area contributed by atoms with Gasteiger partial charge in [0, 0.05) is 10.8 Å². The zero-order valence-corrected chi connectivity index (χ0v) is 15.7. The quantitative estimate of drug-likeness (QED) is 0.500. The van der Waals surface area contributed by atoms with Gasteiger partial charge in [0.05, 0.1) is 12.5 Å². The zero-order valence-electron chi connectivity index (χ0n) is 15.7. The van der Waals surface area contributed by atoms with Gasteiger partial charge in [0.2, 0.25) is 0 Å². The van der Waals surface area contributed by atoms with Gasteiger partial charge < -0.3 is 9.53 Å². The standard InChI is InChI=1S/C6H12O2.C6H12O.C5H10O/c1-6(2,3)5(7)8-4;1-5(7)6(2,3)4;1-5(2,3)4-6/h1-4H3;1-4H3;4H,1-3H3. The molecule has 0 aliphatic carbocycles. The number of ketones is 1. The summed E-state index contributed by atoms with van der Waals surface area (Å²) in [6.45, 7) is 18.4. The first-order chi connectivity index (χ1) is 8.99. The van der Waals surface area contributed by atoms with Crippen LogP contribution in [-0.2, 0) is 19.1 Å². The molecule has 0 saturated heterocycles. The smallest absolute Gasteiger partial charge is 0.310 e. The molecule has 0 bridgehead atoms. The summed E-state index contributed by atoms with van der Waals surface area (Å²) in [5.74, 6) is 0.0741. The molecule has 0 rings (SSSR count). The van der Waals surface area contributed by atoms with Crippen LogP contribution >= 0.6 is 0 Å². The monoisotopic (exact) mass is 302 g/mol. The fourth-order valence-corrected chi connectivity index (χ4v) is 0.306. The lowest BCUT2D eigenvalue weighted by Gasteiger charge is -2.13. The highest BCUT2D eigenvalue weighted by atomic mass is 16.5. The van der Waals surface area contributed by atoms with E-state index in [1.165, 1.54) is 7.11 Å². The Bertz CT molecular complexity index is 322. The molecule has 0 atom stereocenters. The summed E-state index contributed by atoms with van der Waals surface area (Å²) in [5, 5.41) is 0. The molecular formula is C17H34O4. The van der Waals surface area contributed by atoms with Crippen LogP contribution < -0.4 is 0 Å². The van der Waals surface area contributed by atoms with Crippen molar-refractivity contribution >= 4 is 18.0 Å². The minimum absolute atomic E-state index is 0.139. The molecule has 0 radical (unpaired) electrons. The van der Waals surface area contributed by atoms with Crippen LogP contribution in [-0.4, -0.2) is 25.1 Å². The van der Waals surface area contributed by atoms with Gasteiger partial charge in [-0.15, -0.1) is 0 Å². The highest BCUT2D eigenvalue weighted by molar-refractivity contribution is 5.80. The Balaban J connectivity index is -0.000000234. The highest BCUT2D eigenvalue weighted by Gasteiger charge is 2.21. The maximum atomic E-state index is 10.6. The summed E-state index contributed by atoms with van der Waals surface area (Å²) in [5.41, 5.74) is -0.630. The molecule has 0 aromatic carbocycles. The summed E-state index contributed by atoms with van der Waals surface area (Å²) in [6.07, 6.45) is 0.938. The van der Waals surface area contributed by atoms with Gasteiger partial charge in [0.15, 0.2) is 0 Å². The second kappa shape index (κ2) is 9.69. The lowest BCUT2D eigenvalue weighted by molar-refractivity contribution is -0.149. The number of carbonyl (C=O) groups is 3. The molecule has 126 valence electrons. The molecule has 0 aromatic rings. The molecule has 21 heavy (non-hydrogen) atoms. The van der Waals surface area contributed by atoms with Gasteiger partial charge in [0.25, 0.3) is 0 Å². The van der Waals surface area contributed by atoms with Crippen LogP contribution in [0.4, 0.5) is 0 Å². The molecule has 4 heteroatoms. The van der Waals surface area contributed by atoms with Crippen molar-refractivity contribution in [3.8, 4) is 0 Å². The number of Topliss-reactive ketones (excluding diaryl/α,β-unsaturated/α-hetero) is 1. The number of aldehydes is 1. The summed E-state index contributed by atoms with van der Waals surface area (Å²) in [4.78, 5) is 30.9. The third-order valence-corrected chi connectivity index (χ3v) is 2.21. The van der Waals surface area contributed by atoms with E-state index in [2.05, 4.69) is 4.74 Å². The van der Waals surface area contributed by atoms with Crippen molar-refractivity contribution in [1.82, 2.24) is 0 Å². The van der Waals surface area contributed by atoms with E-state index >= 15 is 0 Å². The van der Waals surface area contributed by atoms with E-state index < -0.39 is 0 Å². The first-order valence-electron chi connectivity index (χ1n) is 7.04. The van der Waals surface area contributed by atoms with Crippen molar-refractivity contribution in [2.45, 2.75) is 69.2 Å². The van der Waals surface area contributed by atoms with Crippen LogP contribution in [0.3, 0.4) is 0 Å². The summed E-state index contributed by atoms with van der Waals surface area (Å²) in [6, 6.07) is 0. The maximum Gasteiger partial charge on any atom is 0.310 e. The second-order valence-corrected chi connectivity index (χ2v) is 8.03. The van der Waals surface area contributed by atoms with E-state index in [9.17, 15) is 14.4 Å². The molecule has 0 fully saturated rings. The predicted molar refractivity (Wildman–Crippen MR) is 87.1 cm³/mol. The molecule has 0 saturated carbocycles. The average Bonchev–Trinajstić information content (AvgIpc) is 2.26. The lowest BCUT2D eigenvalue weighted by atomic mass is 9.92. The Kier molecular flexibility index (Phi) is 11.4. The summed E-state index contributed by atoms with van der Waals surface area (Å²) in [7, 11) is 1.40. The Hall–Kier alpha value is -1.19. The van der Waals surface area contributed by atoms with E-state index in [-0.39, 0.29) is 28.0 Å². The van der Waals surface area contributed by atoms with Crippen molar-refractivity contribution in [1.29, 1.82) is 0 Å². The summed E-state index contributed by atoms with van der Waals surface area (Å²) < 4.78 is 4.48. The molecule has 4 nitrogen and oxygen atoms in total. The predicted octanol–water partition coefficient (Wildman–Crippen LogP) is 4.06. The second-order valence-electron chi connectivity index (χ2n) is 8.03. The minimum Gasteiger partial charge on any atom is -0.469 e. The van der Waals surface area contributed by atoms with Crippen LogP contribution in [0.15, 0.2) is 0 Å². The Morgan fingerprint density at radius 2 is 1.05 bits per heavy atom. The van der Waals surface area contributed by atoms with Gasteiger partial charge in [-0.3, -0.25) is 9.59 Å². The summed E-state index contributed by atoms with van der Waals surface area (Å²) >= 11 is 0. The molecule has 0 unspecified atom stereocenters. The number of methoxy groups -OCH3 is 1. The van der Waals surface area contributed by atoms with E-state index in [4.69, 9.17) is 0 Å². The zero-order chi connectivity index (χ0) is 18.1. The molecule has 0 aromatic heterocycles. The molecular weight excluding hydrogens is 268 g/mol. The first-order valence-corrected chi connectivity index (χ1v) is 7.04. The molecule has 0 aliphatic rings. The number of hydrogen-bond acceptors (Lipinski definition) is 4. The maximum absolute atomic E-state index is 10.6. The van der Waals surface area contributed by atoms with Gasteiger partial charge in [-0.25, -0.2) is 0 Å². The minimum atomic E-state index is -0.352.